The molecule has 0 aliphatic carbocycles. The van der Waals surface area contributed by atoms with Crippen LogP contribution in [0.4, 0.5) is 0 Å². The Bertz CT molecular complexity index is 960. The Kier molecular flexibility index (Phi) is 4.85. The lowest BCUT2D eigenvalue weighted by Gasteiger charge is -2.31. The van der Waals surface area contributed by atoms with E-state index < -0.39 is 0 Å². The number of nitrogens with zero attached hydrogens (tertiary/aromatic N) is 3. The summed E-state index contributed by atoms with van der Waals surface area (Å²) in [6.07, 6.45) is 2.92. The molecule has 1 amide bonds. The maximum absolute atomic E-state index is 13.1. The Morgan fingerprint density at radius 3 is 2.67 bits per heavy atom. The average molecular weight is 381 g/mol. The Balaban J connectivity index is 1.59. The molecule has 1 aliphatic rings. The van der Waals surface area contributed by atoms with Crippen molar-refractivity contribution in [3.63, 3.8) is 0 Å². The van der Waals surface area contributed by atoms with E-state index in [2.05, 4.69) is 9.97 Å². The van der Waals surface area contributed by atoms with E-state index in [-0.39, 0.29) is 17.8 Å². The van der Waals surface area contributed by atoms with E-state index in [0.717, 1.165) is 15.2 Å². The molecular formula is C20H19N3O3S. The smallest absolute Gasteiger partial charge is 0.308 e. The van der Waals surface area contributed by atoms with Crippen molar-refractivity contribution < 1.29 is 14.3 Å². The SMILES string of the molecule is COC(=O)C1CCN(C(=O)c2cccnc2-c2nc3ccccc3s2)CC1. The quantitative estimate of drug-likeness (QED) is 0.651. The Hall–Kier alpha value is -2.80. The van der Waals surface area contributed by atoms with Crippen LogP contribution < -0.4 is 0 Å². The first-order valence-corrected chi connectivity index (χ1v) is 9.67. The van der Waals surface area contributed by atoms with E-state index in [4.69, 9.17) is 4.74 Å². The van der Waals surface area contributed by atoms with Gasteiger partial charge in [-0.25, -0.2) is 4.98 Å². The number of piperidine rings is 1. The van der Waals surface area contributed by atoms with E-state index in [1.54, 1.807) is 23.2 Å². The van der Waals surface area contributed by atoms with Gasteiger partial charge in [-0.1, -0.05) is 12.1 Å². The summed E-state index contributed by atoms with van der Waals surface area (Å²) in [6.45, 7) is 1.07. The molecule has 0 bridgehead atoms. The van der Waals surface area contributed by atoms with Crippen LogP contribution in [-0.2, 0) is 9.53 Å². The third kappa shape index (κ3) is 3.42. The van der Waals surface area contributed by atoms with Gasteiger partial charge in [0.2, 0.25) is 0 Å². The molecule has 0 unspecified atom stereocenters. The van der Waals surface area contributed by atoms with Crippen molar-refractivity contribution in [1.29, 1.82) is 0 Å². The lowest BCUT2D eigenvalue weighted by atomic mass is 9.96. The molecule has 0 spiro atoms. The van der Waals surface area contributed by atoms with Crippen molar-refractivity contribution >= 4 is 33.4 Å². The van der Waals surface area contributed by atoms with E-state index in [9.17, 15) is 9.59 Å². The molecule has 138 valence electrons. The first-order chi connectivity index (χ1) is 13.2. The molecule has 0 atom stereocenters. The third-order valence-electron chi connectivity index (χ3n) is 4.85. The van der Waals surface area contributed by atoms with Crippen LogP contribution in [0.3, 0.4) is 0 Å². The predicted octanol–water partition coefficient (Wildman–Crippen LogP) is 3.38. The van der Waals surface area contributed by atoms with E-state index >= 15 is 0 Å². The molecule has 1 aliphatic heterocycles. The molecule has 27 heavy (non-hydrogen) atoms. The number of carbonyl (C=O) groups is 2. The normalized spacial score (nSPS) is 15.1. The number of hydrogen-bond donors (Lipinski definition) is 0. The fraction of sp³-hybridized carbons (Fsp3) is 0.300. The van der Waals surface area contributed by atoms with Gasteiger partial charge in [0.25, 0.3) is 5.91 Å². The molecule has 1 aromatic carbocycles. The van der Waals surface area contributed by atoms with Crippen molar-refractivity contribution in [3.8, 4) is 10.7 Å². The summed E-state index contributed by atoms with van der Waals surface area (Å²) < 4.78 is 5.88. The maximum atomic E-state index is 13.1. The second-order valence-electron chi connectivity index (χ2n) is 6.48. The number of esters is 1. The first kappa shape index (κ1) is 17.6. The average Bonchev–Trinajstić information content (AvgIpc) is 3.17. The molecule has 6 nitrogen and oxygen atoms in total. The zero-order valence-electron chi connectivity index (χ0n) is 14.9. The fourth-order valence-corrected chi connectivity index (χ4v) is 4.35. The third-order valence-corrected chi connectivity index (χ3v) is 5.89. The van der Waals surface area contributed by atoms with Crippen LogP contribution in [0, 0.1) is 5.92 Å². The highest BCUT2D eigenvalue weighted by molar-refractivity contribution is 7.21. The number of aromatic nitrogens is 2. The number of methoxy groups -OCH3 is 1. The minimum Gasteiger partial charge on any atom is -0.469 e. The molecule has 3 aromatic rings. The largest absolute Gasteiger partial charge is 0.469 e. The molecule has 0 saturated carbocycles. The second-order valence-corrected chi connectivity index (χ2v) is 7.51. The molecule has 7 heteroatoms. The van der Waals surface area contributed by atoms with Crippen LogP contribution in [-0.4, -0.2) is 46.9 Å². The number of likely N-dealkylation sites (tertiary alicyclic amines) is 1. The van der Waals surface area contributed by atoms with Crippen molar-refractivity contribution in [3.05, 3.63) is 48.2 Å². The summed E-state index contributed by atoms with van der Waals surface area (Å²) in [5.41, 5.74) is 2.06. The number of carbonyl (C=O) groups excluding carboxylic acids is 2. The molecule has 2 aromatic heterocycles. The number of rotatable bonds is 3. The van der Waals surface area contributed by atoms with Gasteiger partial charge in [-0.3, -0.25) is 14.6 Å². The van der Waals surface area contributed by atoms with Crippen LogP contribution in [0.5, 0.6) is 0 Å². The van der Waals surface area contributed by atoms with Crippen LogP contribution in [0.15, 0.2) is 42.6 Å². The summed E-state index contributed by atoms with van der Waals surface area (Å²) >= 11 is 1.53. The van der Waals surface area contributed by atoms with Crippen LogP contribution >= 0.6 is 11.3 Å². The number of fused-ring (bicyclic) bond motifs is 1. The van der Waals surface area contributed by atoms with Gasteiger partial charge < -0.3 is 9.64 Å². The van der Waals surface area contributed by atoms with Crippen molar-refractivity contribution in [2.45, 2.75) is 12.8 Å². The summed E-state index contributed by atoms with van der Waals surface area (Å²) in [6, 6.07) is 11.5. The highest BCUT2D eigenvalue weighted by Crippen LogP contribution is 2.31. The van der Waals surface area contributed by atoms with Crippen LogP contribution in [0.1, 0.15) is 23.2 Å². The summed E-state index contributed by atoms with van der Waals surface area (Å²) in [5.74, 6) is -0.393. The molecular weight excluding hydrogens is 362 g/mol. The van der Waals surface area contributed by atoms with Gasteiger partial charge in [-0.2, -0.15) is 0 Å². The number of benzene rings is 1. The number of para-hydroxylation sites is 1. The van der Waals surface area contributed by atoms with Crippen molar-refractivity contribution in [1.82, 2.24) is 14.9 Å². The van der Waals surface area contributed by atoms with Gasteiger partial charge in [-0.15, -0.1) is 11.3 Å². The van der Waals surface area contributed by atoms with E-state index in [1.807, 2.05) is 24.3 Å². The number of hydrogen-bond acceptors (Lipinski definition) is 6. The molecule has 1 saturated heterocycles. The summed E-state index contributed by atoms with van der Waals surface area (Å²) in [7, 11) is 1.40. The van der Waals surface area contributed by atoms with Crippen LogP contribution in [0.2, 0.25) is 0 Å². The zero-order chi connectivity index (χ0) is 18.8. The number of amides is 1. The van der Waals surface area contributed by atoms with E-state index in [0.29, 0.717) is 37.2 Å². The maximum Gasteiger partial charge on any atom is 0.308 e. The van der Waals surface area contributed by atoms with Gasteiger partial charge in [0, 0.05) is 19.3 Å². The lowest BCUT2D eigenvalue weighted by molar-refractivity contribution is -0.146. The Morgan fingerprint density at radius 1 is 1.15 bits per heavy atom. The van der Waals surface area contributed by atoms with Crippen molar-refractivity contribution in [2.75, 3.05) is 20.2 Å². The fourth-order valence-electron chi connectivity index (χ4n) is 3.38. The highest BCUT2D eigenvalue weighted by atomic mass is 32.1. The van der Waals surface area contributed by atoms with Gasteiger partial charge >= 0.3 is 5.97 Å². The monoisotopic (exact) mass is 381 g/mol. The van der Waals surface area contributed by atoms with Gasteiger partial charge in [0.15, 0.2) is 0 Å². The Labute approximate surface area is 160 Å². The van der Waals surface area contributed by atoms with Gasteiger partial charge in [0.1, 0.15) is 10.7 Å². The number of pyridine rings is 1. The van der Waals surface area contributed by atoms with Crippen molar-refractivity contribution in [2.24, 2.45) is 5.92 Å². The molecule has 0 radical (unpaired) electrons. The minimum atomic E-state index is -0.196. The lowest BCUT2D eigenvalue weighted by Crippen LogP contribution is -2.40. The van der Waals surface area contributed by atoms with E-state index in [1.165, 1.54) is 18.4 Å². The van der Waals surface area contributed by atoms with Crippen LogP contribution in [0.25, 0.3) is 20.9 Å². The zero-order valence-corrected chi connectivity index (χ0v) is 15.7. The molecule has 3 heterocycles. The topological polar surface area (TPSA) is 72.4 Å². The minimum absolute atomic E-state index is 0.0688. The van der Waals surface area contributed by atoms with Gasteiger partial charge in [0.05, 0.1) is 28.8 Å². The molecule has 4 rings (SSSR count). The first-order valence-electron chi connectivity index (χ1n) is 8.85. The predicted molar refractivity (Wildman–Crippen MR) is 103 cm³/mol. The Morgan fingerprint density at radius 2 is 1.93 bits per heavy atom. The molecule has 0 N–H and O–H groups in total. The number of thiazole rings is 1. The summed E-state index contributed by atoms with van der Waals surface area (Å²) in [5, 5.41) is 0.740. The second kappa shape index (κ2) is 7.44. The highest BCUT2D eigenvalue weighted by Gasteiger charge is 2.29. The standard InChI is InChI=1S/C20H19N3O3S/c1-26-20(25)13-8-11-23(12-9-13)19(24)14-5-4-10-21-17(14)18-22-15-6-2-3-7-16(15)27-18/h2-7,10,13H,8-9,11-12H2,1H3. The number of ether oxygens (including phenoxy) is 1. The summed E-state index contributed by atoms with van der Waals surface area (Å²) in [4.78, 5) is 35.7. The van der Waals surface area contributed by atoms with Gasteiger partial charge in [-0.05, 0) is 37.1 Å². The molecule has 1 fully saturated rings.